The molecule has 2 rings (SSSR count). The van der Waals surface area contributed by atoms with Crippen LogP contribution in [0.1, 0.15) is 25.5 Å². The number of aryl methyl sites for hydroxylation is 1. The average Bonchev–Trinajstić information content (AvgIpc) is 3.08. The van der Waals surface area contributed by atoms with Gasteiger partial charge in [-0.15, -0.1) is 0 Å². The fourth-order valence-corrected chi connectivity index (χ4v) is 3.17. The number of ether oxygens (including phenoxy) is 1. The molecule has 2 N–H and O–H groups in total. The second kappa shape index (κ2) is 8.78. The highest BCUT2D eigenvalue weighted by Crippen LogP contribution is 2.11. The molecule has 0 aliphatic heterocycles. The zero-order valence-electron chi connectivity index (χ0n) is 15.2. The minimum atomic E-state index is -3.88. The highest BCUT2D eigenvalue weighted by atomic mass is 32.2. The summed E-state index contributed by atoms with van der Waals surface area (Å²) in [5, 5.41) is 6.50. The van der Waals surface area contributed by atoms with Crippen molar-refractivity contribution in [2.45, 2.75) is 30.9 Å². The van der Waals surface area contributed by atoms with Crippen LogP contribution in [0.3, 0.4) is 0 Å². The van der Waals surface area contributed by atoms with Crippen LogP contribution < -0.4 is 10.0 Å². The maximum absolute atomic E-state index is 12.1. The fraction of sp³-hybridized carbons (Fsp3) is 0.353. The summed E-state index contributed by atoms with van der Waals surface area (Å²) in [6.07, 6.45) is 1.40. The molecule has 0 saturated heterocycles. The molecule has 0 aliphatic carbocycles. The number of sulfonamides is 1. The molecule has 0 fully saturated rings. The molecule has 1 heterocycles. The molecule has 10 heteroatoms. The number of hydrogen-bond acceptors (Lipinski definition) is 6. The molecule has 146 valence electrons. The van der Waals surface area contributed by atoms with Crippen LogP contribution in [0.25, 0.3) is 0 Å². The van der Waals surface area contributed by atoms with E-state index in [9.17, 15) is 18.0 Å². The molecule has 1 aromatic carbocycles. The highest BCUT2D eigenvalue weighted by molar-refractivity contribution is 7.89. The molecule has 0 bridgehead atoms. The summed E-state index contributed by atoms with van der Waals surface area (Å²) in [6, 6.07) is 9.06. The van der Waals surface area contributed by atoms with Gasteiger partial charge in [0.25, 0.3) is 5.91 Å². The maximum atomic E-state index is 12.1. The van der Waals surface area contributed by atoms with Crippen LogP contribution >= 0.6 is 0 Å². The second-order valence-electron chi connectivity index (χ2n) is 5.95. The SMILES string of the molecule is CC(OC(=O)CNS(=O)(=O)c1cnn(C)c1)C(=O)NC(C)c1ccccc1. The number of benzene rings is 1. The quantitative estimate of drug-likeness (QED) is 0.630. The van der Waals surface area contributed by atoms with Crippen LogP contribution in [0.15, 0.2) is 47.6 Å². The van der Waals surface area contributed by atoms with E-state index in [2.05, 4.69) is 15.1 Å². The van der Waals surface area contributed by atoms with Crippen molar-refractivity contribution in [1.29, 1.82) is 0 Å². The summed E-state index contributed by atoms with van der Waals surface area (Å²) in [5.74, 6) is -1.34. The molecule has 0 aliphatic rings. The molecule has 1 amide bonds. The summed E-state index contributed by atoms with van der Waals surface area (Å²) >= 11 is 0. The summed E-state index contributed by atoms with van der Waals surface area (Å²) in [7, 11) is -2.31. The molecule has 0 saturated carbocycles. The van der Waals surface area contributed by atoms with Crippen LogP contribution in [0.2, 0.25) is 0 Å². The van der Waals surface area contributed by atoms with Gasteiger partial charge in [-0.05, 0) is 19.4 Å². The molecule has 1 aromatic heterocycles. The number of carbonyl (C=O) groups excluding carboxylic acids is 2. The lowest BCUT2D eigenvalue weighted by Crippen LogP contribution is -2.39. The number of esters is 1. The van der Waals surface area contributed by atoms with Crippen molar-refractivity contribution in [2.75, 3.05) is 6.54 Å². The van der Waals surface area contributed by atoms with Gasteiger partial charge >= 0.3 is 5.97 Å². The standard InChI is InChI=1S/C17H22N4O5S/c1-12(14-7-5-4-6-8-14)20-17(23)13(2)26-16(22)10-19-27(24,25)15-9-18-21(3)11-15/h4-9,11-13,19H,10H2,1-3H3,(H,20,23). The lowest BCUT2D eigenvalue weighted by Gasteiger charge is -2.18. The number of nitrogens with zero attached hydrogens (tertiary/aromatic N) is 2. The molecule has 2 atom stereocenters. The summed E-state index contributed by atoms with van der Waals surface area (Å²) in [6.45, 7) is 2.63. The van der Waals surface area contributed by atoms with Gasteiger partial charge in [0.15, 0.2) is 6.10 Å². The number of hydrogen-bond donors (Lipinski definition) is 2. The van der Waals surface area contributed by atoms with Crippen LogP contribution in [0.5, 0.6) is 0 Å². The highest BCUT2D eigenvalue weighted by Gasteiger charge is 2.22. The van der Waals surface area contributed by atoms with Gasteiger partial charge in [-0.25, -0.2) is 8.42 Å². The van der Waals surface area contributed by atoms with Gasteiger partial charge in [-0.2, -0.15) is 9.82 Å². The van der Waals surface area contributed by atoms with Crippen molar-refractivity contribution < 1.29 is 22.7 Å². The monoisotopic (exact) mass is 394 g/mol. The van der Waals surface area contributed by atoms with E-state index < -0.39 is 34.5 Å². The summed E-state index contributed by atoms with van der Waals surface area (Å²) in [5.41, 5.74) is 0.911. The first-order chi connectivity index (χ1) is 12.7. The van der Waals surface area contributed by atoms with Crippen molar-refractivity contribution in [3.05, 3.63) is 48.3 Å². The molecule has 2 unspecified atom stereocenters. The van der Waals surface area contributed by atoms with Crippen molar-refractivity contribution in [1.82, 2.24) is 19.8 Å². The van der Waals surface area contributed by atoms with E-state index >= 15 is 0 Å². The fourth-order valence-electron chi connectivity index (χ4n) is 2.22. The minimum Gasteiger partial charge on any atom is -0.452 e. The first-order valence-corrected chi connectivity index (χ1v) is 9.70. The van der Waals surface area contributed by atoms with E-state index in [4.69, 9.17) is 4.74 Å². The first-order valence-electron chi connectivity index (χ1n) is 8.22. The molecular weight excluding hydrogens is 372 g/mol. The molecular formula is C17H22N4O5S. The number of carbonyl (C=O) groups is 2. The van der Waals surface area contributed by atoms with Crippen molar-refractivity contribution in [2.24, 2.45) is 7.05 Å². The van der Waals surface area contributed by atoms with E-state index in [1.807, 2.05) is 37.3 Å². The molecule has 0 spiro atoms. The Kier molecular flexibility index (Phi) is 6.70. The van der Waals surface area contributed by atoms with E-state index in [0.29, 0.717) is 0 Å². The van der Waals surface area contributed by atoms with Gasteiger partial charge in [0, 0.05) is 13.2 Å². The number of nitrogens with one attached hydrogen (secondary N) is 2. The van der Waals surface area contributed by atoms with Gasteiger partial charge in [-0.3, -0.25) is 14.3 Å². The molecule has 9 nitrogen and oxygen atoms in total. The van der Waals surface area contributed by atoms with Crippen molar-refractivity contribution in [3.63, 3.8) is 0 Å². The van der Waals surface area contributed by atoms with E-state index in [1.54, 1.807) is 7.05 Å². The Bertz CT molecular complexity index is 895. The van der Waals surface area contributed by atoms with E-state index in [0.717, 1.165) is 11.8 Å². The number of amides is 1. The van der Waals surface area contributed by atoms with E-state index in [1.165, 1.54) is 17.8 Å². The maximum Gasteiger partial charge on any atom is 0.321 e. The van der Waals surface area contributed by atoms with Gasteiger partial charge in [0.05, 0.1) is 12.2 Å². The number of rotatable bonds is 8. The Morgan fingerprint density at radius 3 is 2.48 bits per heavy atom. The average molecular weight is 394 g/mol. The normalized spacial score (nSPS) is 13.6. The lowest BCUT2D eigenvalue weighted by atomic mass is 10.1. The van der Waals surface area contributed by atoms with Gasteiger partial charge in [-0.1, -0.05) is 30.3 Å². The van der Waals surface area contributed by atoms with Crippen molar-refractivity contribution >= 4 is 21.9 Å². The van der Waals surface area contributed by atoms with Gasteiger partial charge in [0.1, 0.15) is 11.4 Å². The third-order valence-corrected chi connectivity index (χ3v) is 5.09. The Labute approximate surface area is 157 Å². The Balaban J connectivity index is 1.83. The van der Waals surface area contributed by atoms with E-state index in [-0.39, 0.29) is 10.9 Å². The topological polar surface area (TPSA) is 119 Å². The third-order valence-electron chi connectivity index (χ3n) is 3.73. The van der Waals surface area contributed by atoms with Crippen LogP contribution in [-0.2, 0) is 31.4 Å². The van der Waals surface area contributed by atoms with Crippen LogP contribution in [-0.4, -0.2) is 42.7 Å². The number of aromatic nitrogens is 2. The third kappa shape index (κ3) is 5.90. The predicted octanol–water partition coefficient (Wildman–Crippen LogP) is 0.508. The van der Waals surface area contributed by atoms with Crippen molar-refractivity contribution in [3.8, 4) is 0 Å². The smallest absolute Gasteiger partial charge is 0.321 e. The molecule has 27 heavy (non-hydrogen) atoms. The van der Waals surface area contributed by atoms with Crippen LogP contribution in [0.4, 0.5) is 0 Å². The predicted molar refractivity (Wildman–Crippen MR) is 97.0 cm³/mol. The van der Waals surface area contributed by atoms with Crippen LogP contribution in [0, 0.1) is 0 Å². The summed E-state index contributed by atoms with van der Waals surface area (Å²) < 4.78 is 32.5. The largest absolute Gasteiger partial charge is 0.452 e. The Morgan fingerprint density at radius 1 is 1.22 bits per heavy atom. The first kappa shape index (κ1) is 20.6. The molecule has 0 radical (unpaired) electrons. The second-order valence-corrected chi connectivity index (χ2v) is 7.71. The van der Waals surface area contributed by atoms with Gasteiger partial charge < -0.3 is 10.1 Å². The molecule has 2 aromatic rings. The minimum absolute atomic E-state index is 0.0692. The zero-order valence-corrected chi connectivity index (χ0v) is 16.1. The summed E-state index contributed by atoms with van der Waals surface area (Å²) in [4.78, 5) is 23.9. The Hall–Kier alpha value is -2.72. The van der Waals surface area contributed by atoms with Gasteiger partial charge in [0.2, 0.25) is 10.0 Å². The lowest BCUT2D eigenvalue weighted by molar-refractivity contribution is -0.153. The zero-order chi connectivity index (χ0) is 20.0. The Morgan fingerprint density at radius 2 is 1.89 bits per heavy atom.